The number of nitrogens with one attached hydrogen (secondary N) is 1. The Morgan fingerprint density at radius 2 is 1.96 bits per heavy atom. The van der Waals surface area contributed by atoms with Crippen LogP contribution in [0, 0.1) is 0 Å². The molecule has 1 atom stereocenters. The van der Waals surface area contributed by atoms with Crippen molar-refractivity contribution in [2.45, 2.75) is 30.2 Å². The zero-order valence-corrected chi connectivity index (χ0v) is 16.7. The first-order valence-corrected chi connectivity index (χ1v) is 10.3. The molecular formula is C19H23ClN2O3S. The number of nitrogens with zero attached hydrogens (tertiary/aromatic N) is 1. The third kappa shape index (κ3) is 3.82. The average Bonchev–Trinajstić information content (AvgIpc) is 2.61. The maximum absolute atomic E-state index is 12.8. The van der Waals surface area contributed by atoms with E-state index in [1.165, 1.54) is 12.1 Å². The fraction of sp³-hybridized carbons (Fsp3) is 0.368. The van der Waals surface area contributed by atoms with Crippen LogP contribution in [0.2, 0.25) is 5.02 Å². The molecule has 1 aliphatic rings. The van der Waals surface area contributed by atoms with Crippen molar-refractivity contribution in [3.63, 3.8) is 0 Å². The maximum atomic E-state index is 12.8. The van der Waals surface area contributed by atoms with E-state index >= 15 is 0 Å². The highest BCUT2D eigenvalue weighted by Gasteiger charge is 2.27. The van der Waals surface area contributed by atoms with Crippen molar-refractivity contribution in [2.75, 3.05) is 25.9 Å². The third-order valence-corrected chi connectivity index (χ3v) is 6.45. The van der Waals surface area contributed by atoms with Crippen molar-refractivity contribution in [3.05, 3.63) is 52.5 Å². The van der Waals surface area contributed by atoms with Crippen LogP contribution in [0.25, 0.3) is 0 Å². The Labute approximate surface area is 160 Å². The topological polar surface area (TPSA) is 58.6 Å². The van der Waals surface area contributed by atoms with E-state index in [0.717, 1.165) is 36.1 Å². The molecule has 0 aromatic heterocycles. The van der Waals surface area contributed by atoms with Crippen molar-refractivity contribution in [2.24, 2.45) is 0 Å². The van der Waals surface area contributed by atoms with Gasteiger partial charge >= 0.3 is 0 Å². The molecular weight excluding hydrogens is 372 g/mol. The fourth-order valence-electron chi connectivity index (χ4n) is 3.39. The van der Waals surface area contributed by atoms with Gasteiger partial charge in [0, 0.05) is 16.6 Å². The standard InChI is InChI=1S/C19H23ClN2O3S/c1-22(2)14-7-8-16-17(12-14)19(25-3)10-9-18(16)21-26(23,24)15-6-4-5-13(20)11-15/h4-6,9-11,14,21H,7-8,12H2,1-3H3. The van der Waals surface area contributed by atoms with Gasteiger partial charge in [0.2, 0.25) is 0 Å². The van der Waals surface area contributed by atoms with Crippen LogP contribution >= 0.6 is 11.6 Å². The minimum atomic E-state index is -3.70. The van der Waals surface area contributed by atoms with Gasteiger partial charge in [0.25, 0.3) is 10.0 Å². The Hall–Kier alpha value is -1.76. The summed E-state index contributed by atoms with van der Waals surface area (Å²) in [5, 5.41) is 0.387. The van der Waals surface area contributed by atoms with Crippen molar-refractivity contribution >= 4 is 27.3 Å². The van der Waals surface area contributed by atoms with Crippen LogP contribution < -0.4 is 9.46 Å². The smallest absolute Gasteiger partial charge is 0.261 e. The van der Waals surface area contributed by atoms with E-state index in [-0.39, 0.29) is 4.90 Å². The number of methoxy groups -OCH3 is 1. The molecule has 0 aliphatic heterocycles. The Bertz CT molecular complexity index is 913. The van der Waals surface area contributed by atoms with Crippen LogP contribution in [-0.2, 0) is 22.9 Å². The molecule has 140 valence electrons. The van der Waals surface area contributed by atoms with Gasteiger partial charge in [-0.25, -0.2) is 8.42 Å². The van der Waals surface area contributed by atoms with E-state index in [9.17, 15) is 8.42 Å². The van der Waals surface area contributed by atoms with Gasteiger partial charge in [-0.1, -0.05) is 17.7 Å². The second-order valence-electron chi connectivity index (χ2n) is 6.70. The molecule has 0 fully saturated rings. The number of hydrogen-bond donors (Lipinski definition) is 1. The largest absolute Gasteiger partial charge is 0.496 e. The predicted octanol–water partition coefficient (Wildman–Crippen LogP) is 3.57. The summed E-state index contributed by atoms with van der Waals surface area (Å²) in [5.74, 6) is 0.803. The number of ether oxygens (including phenoxy) is 1. The van der Waals surface area contributed by atoms with E-state index < -0.39 is 10.0 Å². The van der Waals surface area contributed by atoms with Gasteiger partial charge in [-0.15, -0.1) is 0 Å². The molecule has 1 aliphatic carbocycles. The molecule has 0 amide bonds. The number of sulfonamides is 1. The van der Waals surface area contributed by atoms with Crippen LogP contribution in [0.1, 0.15) is 17.5 Å². The lowest BCUT2D eigenvalue weighted by Crippen LogP contribution is -2.34. The molecule has 0 bridgehead atoms. The molecule has 7 heteroatoms. The van der Waals surface area contributed by atoms with Crippen LogP contribution in [0.3, 0.4) is 0 Å². The molecule has 0 radical (unpaired) electrons. The summed E-state index contributed by atoms with van der Waals surface area (Å²) in [6.07, 6.45) is 2.60. The molecule has 2 aromatic rings. The first-order chi connectivity index (χ1) is 12.3. The van der Waals surface area contributed by atoms with E-state index in [1.54, 1.807) is 25.3 Å². The minimum absolute atomic E-state index is 0.150. The Morgan fingerprint density at radius 1 is 1.19 bits per heavy atom. The van der Waals surface area contributed by atoms with Crippen LogP contribution in [0.4, 0.5) is 5.69 Å². The summed E-state index contributed by atoms with van der Waals surface area (Å²) in [7, 11) is 2.07. The fourth-order valence-corrected chi connectivity index (χ4v) is 4.79. The van der Waals surface area contributed by atoms with E-state index in [2.05, 4.69) is 23.7 Å². The summed E-state index contributed by atoms with van der Waals surface area (Å²) in [4.78, 5) is 2.35. The third-order valence-electron chi connectivity index (χ3n) is 4.86. The molecule has 3 rings (SSSR count). The van der Waals surface area contributed by atoms with Gasteiger partial charge in [-0.3, -0.25) is 4.72 Å². The molecule has 0 saturated heterocycles. The molecule has 0 saturated carbocycles. The number of benzene rings is 2. The average molecular weight is 395 g/mol. The minimum Gasteiger partial charge on any atom is -0.496 e. The summed E-state index contributed by atoms with van der Waals surface area (Å²) >= 11 is 5.94. The van der Waals surface area contributed by atoms with E-state index in [0.29, 0.717) is 16.8 Å². The van der Waals surface area contributed by atoms with Crippen molar-refractivity contribution in [3.8, 4) is 5.75 Å². The van der Waals surface area contributed by atoms with Gasteiger partial charge in [0.15, 0.2) is 0 Å². The summed E-state index contributed by atoms with van der Waals surface area (Å²) in [6.45, 7) is 0. The quantitative estimate of drug-likeness (QED) is 0.842. The van der Waals surface area contributed by atoms with Crippen LogP contribution in [0.15, 0.2) is 41.3 Å². The van der Waals surface area contributed by atoms with Crippen molar-refractivity contribution in [1.82, 2.24) is 4.90 Å². The highest BCUT2D eigenvalue weighted by molar-refractivity contribution is 7.92. The SMILES string of the molecule is COc1ccc(NS(=O)(=O)c2cccc(Cl)c2)c2c1CC(N(C)C)CC2. The first kappa shape index (κ1) is 19.0. The number of likely N-dealkylation sites (N-methyl/N-ethyl adjacent to an activating group) is 1. The first-order valence-electron chi connectivity index (χ1n) is 8.45. The number of fused-ring (bicyclic) bond motifs is 1. The number of anilines is 1. The maximum Gasteiger partial charge on any atom is 0.261 e. The van der Waals surface area contributed by atoms with Gasteiger partial charge < -0.3 is 9.64 Å². The van der Waals surface area contributed by atoms with Gasteiger partial charge in [-0.05, 0) is 69.3 Å². The monoisotopic (exact) mass is 394 g/mol. The lowest BCUT2D eigenvalue weighted by atomic mass is 9.86. The highest BCUT2D eigenvalue weighted by atomic mass is 35.5. The summed E-state index contributed by atoms with van der Waals surface area (Å²) in [5.41, 5.74) is 2.69. The molecule has 5 nitrogen and oxygen atoms in total. The van der Waals surface area contributed by atoms with Gasteiger partial charge in [0.1, 0.15) is 5.75 Å². The van der Waals surface area contributed by atoms with E-state index in [1.807, 2.05) is 6.07 Å². The summed E-state index contributed by atoms with van der Waals surface area (Å²) < 4.78 is 33.8. The van der Waals surface area contributed by atoms with Crippen LogP contribution in [0.5, 0.6) is 5.75 Å². The lowest BCUT2D eigenvalue weighted by molar-refractivity contribution is 0.265. The molecule has 1 N–H and O–H groups in total. The molecule has 0 heterocycles. The zero-order valence-electron chi connectivity index (χ0n) is 15.1. The lowest BCUT2D eigenvalue weighted by Gasteiger charge is -2.32. The zero-order chi connectivity index (χ0) is 18.9. The number of hydrogen-bond acceptors (Lipinski definition) is 4. The number of halogens is 1. The Balaban J connectivity index is 1.98. The molecule has 0 spiro atoms. The predicted molar refractivity (Wildman–Crippen MR) is 105 cm³/mol. The number of rotatable bonds is 5. The normalized spacial score (nSPS) is 17.0. The van der Waals surface area contributed by atoms with Crippen LogP contribution in [-0.4, -0.2) is 40.6 Å². The molecule has 2 aromatic carbocycles. The summed E-state index contributed by atoms with van der Waals surface area (Å²) in [6, 6.07) is 10.3. The second kappa shape index (κ2) is 7.47. The Morgan fingerprint density at radius 3 is 2.62 bits per heavy atom. The Kier molecular flexibility index (Phi) is 5.46. The van der Waals surface area contributed by atoms with Crippen molar-refractivity contribution in [1.29, 1.82) is 0 Å². The second-order valence-corrected chi connectivity index (χ2v) is 8.81. The molecule has 26 heavy (non-hydrogen) atoms. The highest BCUT2D eigenvalue weighted by Crippen LogP contribution is 2.36. The van der Waals surface area contributed by atoms with Gasteiger partial charge in [-0.2, -0.15) is 0 Å². The molecule has 1 unspecified atom stereocenters. The van der Waals surface area contributed by atoms with Crippen molar-refractivity contribution < 1.29 is 13.2 Å². The van der Waals surface area contributed by atoms with Gasteiger partial charge in [0.05, 0.1) is 17.7 Å². The van der Waals surface area contributed by atoms with E-state index in [4.69, 9.17) is 16.3 Å².